The number of pyridine rings is 2. The number of aromatic nitrogens is 2. The minimum atomic E-state index is -1.22. The summed E-state index contributed by atoms with van der Waals surface area (Å²) in [7, 11) is 0. The molecule has 0 aliphatic heterocycles. The minimum Gasteiger partial charge on any atom is -0.478 e. The Balaban J connectivity index is 1.59. The Morgan fingerprint density at radius 3 is 1.09 bits per heavy atom. The third-order valence-electron chi connectivity index (χ3n) is 9.44. The van der Waals surface area contributed by atoms with Crippen molar-refractivity contribution in [2.75, 3.05) is 9.80 Å². The maximum atomic E-state index is 12.9. The molecule has 0 amide bonds. The molecule has 284 valence electrons. The van der Waals surface area contributed by atoms with E-state index in [-0.39, 0.29) is 55.8 Å². The number of anilines is 6. The normalized spacial score (nSPS) is 11.6. The first-order valence-electron chi connectivity index (χ1n) is 17.6. The van der Waals surface area contributed by atoms with Gasteiger partial charge < -0.3 is 30.2 Å². The quantitative estimate of drug-likeness (QED) is 0.104. The third-order valence-corrected chi connectivity index (χ3v) is 9.44. The lowest BCUT2D eigenvalue weighted by Gasteiger charge is -2.30. The Labute approximate surface area is 323 Å². The van der Waals surface area contributed by atoms with Crippen LogP contribution >= 0.6 is 0 Å². The summed E-state index contributed by atoms with van der Waals surface area (Å²) in [6, 6.07) is 25.8. The van der Waals surface area contributed by atoms with Gasteiger partial charge in [-0.15, -0.1) is 0 Å². The second-order valence-corrected chi connectivity index (χ2v) is 15.3. The van der Waals surface area contributed by atoms with Gasteiger partial charge in [0.1, 0.15) is 0 Å². The van der Waals surface area contributed by atoms with Crippen LogP contribution in [0, 0.1) is 0 Å². The predicted octanol–water partition coefficient (Wildman–Crippen LogP) is 9.96. The highest BCUT2D eigenvalue weighted by Crippen LogP contribution is 2.43. The lowest BCUT2D eigenvalue weighted by atomic mass is 9.85. The number of hydrogen-bond donors (Lipinski definition) is 4. The van der Waals surface area contributed by atoms with Gasteiger partial charge in [-0.2, -0.15) is 0 Å². The van der Waals surface area contributed by atoms with E-state index in [0.29, 0.717) is 22.4 Å². The van der Waals surface area contributed by atoms with Gasteiger partial charge in [0.05, 0.1) is 79.8 Å². The van der Waals surface area contributed by atoms with E-state index in [1.54, 1.807) is 77.7 Å². The molecule has 0 aliphatic rings. The van der Waals surface area contributed by atoms with Crippen LogP contribution in [0.25, 0.3) is 11.0 Å². The van der Waals surface area contributed by atoms with Crippen molar-refractivity contribution in [1.29, 1.82) is 0 Å². The van der Waals surface area contributed by atoms with Crippen LogP contribution < -0.4 is 9.80 Å². The number of aromatic carboxylic acids is 4. The maximum Gasteiger partial charge on any atom is 0.337 e. The molecule has 0 unspecified atom stereocenters. The molecule has 6 rings (SSSR count). The maximum absolute atomic E-state index is 12.9. The molecule has 0 bridgehead atoms. The van der Waals surface area contributed by atoms with E-state index in [9.17, 15) is 39.6 Å². The molecule has 12 nitrogen and oxygen atoms in total. The summed E-state index contributed by atoms with van der Waals surface area (Å²) in [5.74, 6) is -4.86. The number of rotatable bonds is 10. The number of fused-ring (bicyclic) bond motifs is 1. The van der Waals surface area contributed by atoms with Crippen molar-refractivity contribution in [2.45, 2.75) is 52.4 Å². The number of para-hydroxylation sites is 2. The number of carboxylic acid groups (broad SMARTS) is 4. The summed E-state index contributed by atoms with van der Waals surface area (Å²) in [4.78, 5) is 63.0. The second-order valence-electron chi connectivity index (χ2n) is 15.3. The molecule has 0 radical (unpaired) electrons. The summed E-state index contributed by atoms with van der Waals surface area (Å²) in [6.07, 6.45) is 2.93. The van der Waals surface area contributed by atoms with E-state index in [1.165, 1.54) is 29.4 Å². The topological polar surface area (TPSA) is 181 Å². The first-order valence-corrected chi connectivity index (χ1v) is 17.6. The van der Waals surface area contributed by atoms with Gasteiger partial charge in [0.2, 0.25) is 0 Å². The van der Waals surface area contributed by atoms with Gasteiger partial charge in [-0.25, -0.2) is 19.2 Å². The minimum absolute atomic E-state index is 0.0538. The highest BCUT2D eigenvalue weighted by atomic mass is 16.4. The number of carbonyl (C=O) groups is 4. The molecule has 2 heterocycles. The average molecular weight is 753 g/mol. The van der Waals surface area contributed by atoms with Crippen molar-refractivity contribution in [3.63, 3.8) is 0 Å². The van der Waals surface area contributed by atoms with Gasteiger partial charge in [-0.1, -0.05) is 77.9 Å². The fraction of sp³-hybridized carbons (Fsp3) is 0.182. The van der Waals surface area contributed by atoms with Crippen LogP contribution in [0.4, 0.5) is 34.1 Å². The summed E-state index contributed by atoms with van der Waals surface area (Å²) in [5.41, 5.74) is 2.59. The van der Waals surface area contributed by atoms with Gasteiger partial charge in [-0.05, 0) is 82.6 Å². The van der Waals surface area contributed by atoms with Gasteiger partial charge in [0.15, 0.2) is 0 Å². The van der Waals surface area contributed by atoms with E-state index < -0.39 is 23.9 Å². The smallest absolute Gasteiger partial charge is 0.337 e. The second kappa shape index (κ2) is 14.6. The van der Waals surface area contributed by atoms with Crippen molar-refractivity contribution in [2.24, 2.45) is 0 Å². The molecule has 0 spiro atoms. The highest BCUT2D eigenvalue weighted by molar-refractivity contribution is 6.04. The molecule has 4 aromatic carbocycles. The average Bonchev–Trinajstić information content (AvgIpc) is 3.14. The number of benzene rings is 4. The number of carboxylic acids is 4. The van der Waals surface area contributed by atoms with Crippen molar-refractivity contribution in [3.05, 3.63) is 143 Å². The van der Waals surface area contributed by atoms with Gasteiger partial charge >= 0.3 is 23.9 Å². The zero-order valence-electron chi connectivity index (χ0n) is 31.6. The summed E-state index contributed by atoms with van der Waals surface area (Å²) in [6.45, 7) is 11.8. The first-order chi connectivity index (χ1) is 26.4. The van der Waals surface area contributed by atoms with Crippen LogP contribution in [-0.4, -0.2) is 54.3 Å². The lowest BCUT2D eigenvalue weighted by molar-refractivity contribution is 0.0685. The molecule has 0 fully saturated rings. The van der Waals surface area contributed by atoms with Crippen LogP contribution in [0.3, 0.4) is 0 Å². The molecule has 0 atom stereocenters. The molecule has 4 N–H and O–H groups in total. The molecular weight excluding hydrogens is 713 g/mol. The zero-order chi connectivity index (χ0) is 40.7. The van der Waals surface area contributed by atoms with Crippen LogP contribution in [0.15, 0.2) is 109 Å². The fourth-order valence-corrected chi connectivity index (χ4v) is 6.48. The third kappa shape index (κ3) is 7.49. The predicted molar refractivity (Wildman–Crippen MR) is 214 cm³/mol. The number of hydrogen-bond acceptors (Lipinski definition) is 8. The summed E-state index contributed by atoms with van der Waals surface area (Å²) in [5, 5.41) is 41.3. The Hall–Kier alpha value is -7.08. The molecule has 6 aromatic rings. The van der Waals surface area contributed by atoms with Crippen molar-refractivity contribution in [1.82, 2.24) is 9.97 Å². The van der Waals surface area contributed by atoms with Gasteiger partial charge in [-0.3, -0.25) is 9.97 Å². The van der Waals surface area contributed by atoms with Gasteiger partial charge in [0, 0.05) is 0 Å². The molecule has 0 saturated heterocycles. The van der Waals surface area contributed by atoms with Crippen LogP contribution in [0.2, 0.25) is 0 Å². The van der Waals surface area contributed by atoms with E-state index in [4.69, 9.17) is 4.98 Å². The van der Waals surface area contributed by atoms with Gasteiger partial charge in [0.25, 0.3) is 0 Å². The highest BCUT2D eigenvalue weighted by Gasteiger charge is 2.29. The van der Waals surface area contributed by atoms with Crippen molar-refractivity contribution in [3.8, 4) is 0 Å². The van der Waals surface area contributed by atoms with E-state index in [2.05, 4.69) is 4.98 Å². The monoisotopic (exact) mass is 752 g/mol. The van der Waals surface area contributed by atoms with E-state index in [0.717, 1.165) is 11.1 Å². The molecular formula is C44H40N4O8. The molecule has 12 heteroatoms. The Morgan fingerprint density at radius 2 is 0.768 bits per heavy atom. The van der Waals surface area contributed by atoms with Crippen molar-refractivity contribution < 1.29 is 39.6 Å². The Morgan fingerprint density at radius 1 is 0.446 bits per heavy atom. The SMILES string of the molecule is CC(C)(C)c1ccc(N(c2cnc3cc(N(c4ccccc4C(=O)O)c4ccccc4C(=O)O)cnc3c2)c2ccc(C(C)(C)C)cc2C(=O)O)c(C(=O)O)c1. The summed E-state index contributed by atoms with van der Waals surface area (Å²) >= 11 is 0. The zero-order valence-corrected chi connectivity index (χ0v) is 31.6. The molecule has 2 aromatic heterocycles. The fourth-order valence-electron chi connectivity index (χ4n) is 6.48. The Kier molecular flexibility index (Phi) is 10.1. The van der Waals surface area contributed by atoms with Crippen molar-refractivity contribution >= 4 is 69.0 Å². The largest absolute Gasteiger partial charge is 0.478 e. The Bertz CT molecular complexity index is 2420. The number of nitrogens with zero attached hydrogens (tertiary/aromatic N) is 4. The summed E-state index contributed by atoms with van der Waals surface area (Å²) < 4.78 is 0. The molecule has 56 heavy (non-hydrogen) atoms. The van der Waals surface area contributed by atoms with E-state index >= 15 is 0 Å². The van der Waals surface area contributed by atoms with Crippen LogP contribution in [0.1, 0.15) is 94.1 Å². The van der Waals surface area contributed by atoms with Crippen LogP contribution in [-0.2, 0) is 10.8 Å². The lowest BCUT2D eigenvalue weighted by Crippen LogP contribution is -2.20. The molecule has 0 saturated carbocycles. The first kappa shape index (κ1) is 38.6. The standard InChI is InChI=1S/C44H40N4O8/c1-43(2,3)25-15-17-37(31(19-25)41(53)54)48(38-18-16-26(44(4,5)6)20-32(38)42(55)56)28-22-34-33(46-24-28)21-27(23-45-34)47(35-13-9-7-11-29(35)39(49)50)36-14-10-8-12-30(36)40(51)52/h7-24H,1-6H3,(H,49,50)(H,51,52)(H,53,54)(H,55,56). The molecule has 0 aliphatic carbocycles. The van der Waals surface area contributed by atoms with E-state index in [1.807, 2.05) is 53.7 Å². The van der Waals surface area contributed by atoms with Crippen LogP contribution in [0.5, 0.6) is 0 Å².